The van der Waals surface area contributed by atoms with E-state index in [9.17, 15) is 0 Å². The van der Waals surface area contributed by atoms with Crippen LogP contribution in [0, 0.1) is 6.92 Å². The molecule has 4 N–H and O–H groups in total. The third-order valence-corrected chi connectivity index (χ3v) is 1.59. The van der Waals surface area contributed by atoms with Crippen LogP contribution in [0.2, 0.25) is 0 Å². The van der Waals surface area contributed by atoms with Crippen molar-refractivity contribution in [2.24, 2.45) is 5.84 Å². The first-order chi connectivity index (χ1) is 5.74. The molecule has 1 aromatic rings. The van der Waals surface area contributed by atoms with Gasteiger partial charge < -0.3 is 10.7 Å². The Hall–Kier alpha value is -1.20. The molecule has 64 valence electrons. The molecule has 5 heteroatoms. The molecular weight excluding hydrogens is 172 g/mol. The summed E-state index contributed by atoms with van der Waals surface area (Å²) in [6.45, 7) is 1.94. The fourth-order valence-corrected chi connectivity index (χ4v) is 0.857. The highest BCUT2D eigenvalue weighted by Crippen LogP contribution is 2.08. The minimum atomic E-state index is 0.358. The molecule has 4 nitrogen and oxygen atoms in total. The van der Waals surface area contributed by atoms with Crippen molar-refractivity contribution in [2.75, 3.05) is 5.32 Å². The Bertz CT molecular complexity index is 286. The first-order valence-electron chi connectivity index (χ1n) is 3.43. The molecule has 0 aromatic carbocycles. The van der Waals surface area contributed by atoms with Crippen molar-refractivity contribution in [1.82, 2.24) is 10.4 Å². The molecule has 0 radical (unpaired) electrons. The van der Waals surface area contributed by atoms with Crippen LogP contribution in [0.1, 0.15) is 5.56 Å². The van der Waals surface area contributed by atoms with Gasteiger partial charge in [0.05, 0.1) is 0 Å². The minimum absolute atomic E-state index is 0.358. The number of hydrazine groups is 1. The largest absolute Gasteiger partial charge is 0.316 e. The van der Waals surface area contributed by atoms with Crippen molar-refractivity contribution < 1.29 is 0 Å². The van der Waals surface area contributed by atoms with Crippen LogP contribution in [0.15, 0.2) is 18.3 Å². The SMILES string of the molecule is Cc1cccnc1NC(=S)NN. The molecule has 1 rings (SSSR count). The zero-order valence-corrected chi connectivity index (χ0v) is 7.48. The number of nitrogens with two attached hydrogens (primary N) is 1. The fourth-order valence-electron chi connectivity index (χ4n) is 0.760. The minimum Gasteiger partial charge on any atom is -0.316 e. The van der Waals surface area contributed by atoms with E-state index in [4.69, 9.17) is 18.1 Å². The number of aryl methyl sites for hydroxylation is 1. The molecule has 1 heterocycles. The molecule has 0 aliphatic carbocycles. The van der Waals surface area contributed by atoms with Gasteiger partial charge in [-0.2, -0.15) is 0 Å². The molecule has 0 atom stereocenters. The molecule has 0 aliphatic heterocycles. The Labute approximate surface area is 76.1 Å². The highest BCUT2D eigenvalue weighted by molar-refractivity contribution is 7.80. The predicted molar refractivity (Wildman–Crippen MR) is 52.5 cm³/mol. The number of anilines is 1. The number of nitrogens with zero attached hydrogens (tertiary/aromatic N) is 1. The molecule has 0 unspecified atom stereocenters. The van der Waals surface area contributed by atoms with Crippen molar-refractivity contribution in [3.05, 3.63) is 23.9 Å². The molecular formula is C7H10N4S. The highest BCUT2D eigenvalue weighted by Gasteiger charge is 1.98. The first kappa shape index (κ1) is 8.89. The summed E-state index contributed by atoms with van der Waals surface area (Å²) in [4.78, 5) is 4.07. The number of rotatable bonds is 1. The Kier molecular flexibility index (Phi) is 2.95. The van der Waals surface area contributed by atoms with Crippen LogP contribution >= 0.6 is 12.2 Å². The third kappa shape index (κ3) is 2.14. The van der Waals surface area contributed by atoms with E-state index in [1.165, 1.54) is 0 Å². The van der Waals surface area contributed by atoms with Gasteiger partial charge in [0.1, 0.15) is 5.82 Å². The molecule has 0 saturated carbocycles. The molecule has 0 spiro atoms. The van der Waals surface area contributed by atoms with Crippen LogP contribution < -0.4 is 16.6 Å². The summed E-state index contributed by atoms with van der Waals surface area (Å²) in [5, 5.41) is 3.20. The highest BCUT2D eigenvalue weighted by atomic mass is 32.1. The smallest absolute Gasteiger partial charge is 0.186 e. The number of nitrogens with one attached hydrogen (secondary N) is 2. The van der Waals surface area contributed by atoms with Crippen LogP contribution in [0.5, 0.6) is 0 Å². The van der Waals surface area contributed by atoms with Crippen LogP contribution in [0.3, 0.4) is 0 Å². The van der Waals surface area contributed by atoms with Crippen molar-refractivity contribution in [2.45, 2.75) is 6.92 Å². The van der Waals surface area contributed by atoms with Gasteiger partial charge in [-0.1, -0.05) is 6.07 Å². The van der Waals surface area contributed by atoms with Gasteiger partial charge in [-0.05, 0) is 30.8 Å². The van der Waals surface area contributed by atoms with Gasteiger partial charge in [-0.3, -0.25) is 0 Å². The number of hydrogen-bond donors (Lipinski definition) is 3. The number of aromatic nitrogens is 1. The third-order valence-electron chi connectivity index (χ3n) is 1.37. The molecule has 12 heavy (non-hydrogen) atoms. The summed E-state index contributed by atoms with van der Waals surface area (Å²) in [6.07, 6.45) is 1.69. The maximum absolute atomic E-state index is 5.09. The summed E-state index contributed by atoms with van der Waals surface area (Å²) in [5.74, 6) is 5.81. The maximum atomic E-state index is 5.09. The Morgan fingerprint density at radius 2 is 2.42 bits per heavy atom. The zero-order chi connectivity index (χ0) is 8.97. The van der Waals surface area contributed by atoms with E-state index >= 15 is 0 Å². The standard InChI is InChI=1S/C7H10N4S/c1-5-3-2-4-9-6(5)10-7(12)11-8/h2-4H,8H2,1H3,(H2,9,10,11,12). The lowest BCUT2D eigenvalue weighted by atomic mass is 10.3. The van der Waals surface area contributed by atoms with E-state index in [2.05, 4.69) is 15.7 Å². The molecule has 0 fully saturated rings. The lowest BCUT2D eigenvalue weighted by Crippen LogP contribution is -2.34. The van der Waals surface area contributed by atoms with E-state index in [-0.39, 0.29) is 0 Å². The van der Waals surface area contributed by atoms with E-state index in [1.54, 1.807) is 6.20 Å². The Morgan fingerprint density at radius 1 is 1.67 bits per heavy atom. The molecule has 0 amide bonds. The van der Waals surface area contributed by atoms with Gasteiger partial charge in [0.2, 0.25) is 0 Å². The van der Waals surface area contributed by atoms with E-state index in [1.807, 2.05) is 19.1 Å². The molecule has 0 bridgehead atoms. The number of hydrogen-bond acceptors (Lipinski definition) is 3. The first-order valence-corrected chi connectivity index (χ1v) is 3.84. The van der Waals surface area contributed by atoms with E-state index in [0.717, 1.165) is 11.4 Å². The lowest BCUT2D eigenvalue weighted by Gasteiger charge is -2.07. The molecule has 1 aromatic heterocycles. The average Bonchev–Trinajstić information content (AvgIpc) is 2.09. The van der Waals surface area contributed by atoms with Crippen molar-refractivity contribution >= 4 is 23.1 Å². The van der Waals surface area contributed by atoms with Crippen molar-refractivity contribution in [3.8, 4) is 0 Å². The fraction of sp³-hybridized carbons (Fsp3) is 0.143. The topological polar surface area (TPSA) is 63.0 Å². The average molecular weight is 182 g/mol. The second-order valence-electron chi connectivity index (χ2n) is 2.27. The van der Waals surface area contributed by atoms with Crippen molar-refractivity contribution in [3.63, 3.8) is 0 Å². The van der Waals surface area contributed by atoms with Gasteiger partial charge in [0.25, 0.3) is 0 Å². The summed E-state index contributed by atoms with van der Waals surface area (Å²) in [5.41, 5.74) is 3.34. The quantitative estimate of drug-likeness (QED) is 0.336. The maximum Gasteiger partial charge on any atom is 0.186 e. The van der Waals surface area contributed by atoms with Gasteiger partial charge in [0, 0.05) is 6.20 Å². The van der Waals surface area contributed by atoms with Gasteiger partial charge in [0.15, 0.2) is 5.11 Å². The van der Waals surface area contributed by atoms with Crippen LogP contribution in [-0.2, 0) is 0 Å². The monoisotopic (exact) mass is 182 g/mol. The Balaban J connectivity index is 2.75. The van der Waals surface area contributed by atoms with E-state index < -0.39 is 0 Å². The van der Waals surface area contributed by atoms with Gasteiger partial charge >= 0.3 is 0 Å². The predicted octanol–water partition coefficient (Wildman–Crippen LogP) is 0.550. The lowest BCUT2D eigenvalue weighted by molar-refractivity contribution is 1.04. The summed E-state index contributed by atoms with van der Waals surface area (Å²) in [6, 6.07) is 3.80. The van der Waals surface area contributed by atoms with Crippen molar-refractivity contribution in [1.29, 1.82) is 0 Å². The molecule has 0 saturated heterocycles. The number of pyridine rings is 1. The second-order valence-corrected chi connectivity index (χ2v) is 2.68. The summed E-state index contributed by atoms with van der Waals surface area (Å²) < 4.78 is 0. The second kappa shape index (κ2) is 3.99. The van der Waals surface area contributed by atoms with Crippen LogP contribution in [-0.4, -0.2) is 10.1 Å². The summed E-state index contributed by atoms with van der Waals surface area (Å²) >= 11 is 4.81. The summed E-state index contributed by atoms with van der Waals surface area (Å²) in [7, 11) is 0. The molecule has 0 aliphatic rings. The zero-order valence-electron chi connectivity index (χ0n) is 6.66. The normalized spacial score (nSPS) is 9.17. The van der Waals surface area contributed by atoms with Gasteiger partial charge in [-0.15, -0.1) is 0 Å². The van der Waals surface area contributed by atoms with E-state index in [0.29, 0.717) is 5.11 Å². The Morgan fingerprint density at radius 3 is 3.00 bits per heavy atom. The van der Waals surface area contributed by atoms with Crippen LogP contribution in [0.4, 0.5) is 5.82 Å². The number of thiocarbonyl (C=S) groups is 1. The van der Waals surface area contributed by atoms with Gasteiger partial charge in [-0.25, -0.2) is 10.8 Å². The van der Waals surface area contributed by atoms with Crippen LogP contribution in [0.25, 0.3) is 0 Å².